The molecule has 0 unspecified atom stereocenters. The van der Waals surface area contributed by atoms with E-state index < -0.39 is 10.8 Å². The van der Waals surface area contributed by atoms with Gasteiger partial charge in [-0.2, -0.15) is 0 Å². The smallest absolute Gasteiger partial charge is 0.286 e. The quantitative estimate of drug-likeness (QED) is 0.690. The summed E-state index contributed by atoms with van der Waals surface area (Å²) < 4.78 is 10.7. The zero-order valence-corrected chi connectivity index (χ0v) is 12.2. The summed E-state index contributed by atoms with van der Waals surface area (Å²) in [6.45, 7) is 0.949. The molecule has 1 N–H and O–H groups in total. The number of carbonyl (C=O) groups is 1. The van der Waals surface area contributed by atoms with Crippen molar-refractivity contribution in [1.82, 2.24) is 5.32 Å². The van der Waals surface area contributed by atoms with E-state index >= 15 is 0 Å². The fourth-order valence-corrected chi connectivity index (χ4v) is 2.28. The maximum Gasteiger partial charge on any atom is 0.286 e. The van der Waals surface area contributed by atoms with E-state index in [1.54, 1.807) is 0 Å². The highest BCUT2D eigenvalue weighted by Gasteiger charge is 2.26. The number of hydrogen-bond acceptors (Lipinski definition) is 5. The van der Waals surface area contributed by atoms with Crippen molar-refractivity contribution >= 4 is 11.6 Å². The maximum atomic E-state index is 12.3. The summed E-state index contributed by atoms with van der Waals surface area (Å²) in [5, 5.41) is 13.9. The van der Waals surface area contributed by atoms with Crippen LogP contribution in [0.4, 0.5) is 5.69 Å². The number of rotatable bonds is 4. The number of nitro benzene ring substituents is 1. The predicted octanol–water partition coefficient (Wildman–Crippen LogP) is 2.30. The molecule has 0 bridgehead atoms. The van der Waals surface area contributed by atoms with Crippen molar-refractivity contribution in [2.75, 3.05) is 13.2 Å². The van der Waals surface area contributed by atoms with Crippen LogP contribution >= 0.6 is 0 Å². The van der Waals surface area contributed by atoms with Gasteiger partial charge in [0, 0.05) is 12.6 Å². The molecule has 0 fully saturated rings. The van der Waals surface area contributed by atoms with Crippen LogP contribution in [-0.2, 0) is 6.54 Å². The van der Waals surface area contributed by atoms with Crippen molar-refractivity contribution in [3.05, 3.63) is 63.7 Å². The first kappa shape index (κ1) is 14.8. The molecule has 0 saturated heterocycles. The Kier molecular flexibility index (Phi) is 4.09. The lowest BCUT2D eigenvalue weighted by molar-refractivity contribution is -0.385. The Morgan fingerprint density at radius 1 is 1.13 bits per heavy atom. The van der Waals surface area contributed by atoms with Gasteiger partial charge >= 0.3 is 0 Å². The number of amides is 1. The molecule has 7 nitrogen and oxygen atoms in total. The van der Waals surface area contributed by atoms with Crippen molar-refractivity contribution in [3.63, 3.8) is 0 Å². The number of nitrogens with zero attached hydrogens (tertiary/aromatic N) is 1. The van der Waals surface area contributed by atoms with Gasteiger partial charge in [0.05, 0.1) is 11.0 Å². The molecular weight excluding hydrogens is 300 g/mol. The summed E-state index contributed by atoms with van der Waals surface area (Å²) in [4.78, 5) is 22.9. The minimum absolute atomic E-state index is 0.0461. The number of benzene rings is 2. The van der Waals surface area contributed by atoms with Crippen LogP contribution in [0.1, 0.15) is 15.9 Å². The first-order valence-corrected chi connectivity index (χ1v) is 7.05. The predicted molar refractivity (Wildman–Crippen MR) is 81.7 cm³/mol. The van der Waals surface area contributed by atoms with Gasteiger partial charge in [-0.15, -0.1) is 0 Å². The molecule has 0 saturated carbocycles. The van der Waals surface area contributed by atoms with Gasteiger partial charge < -0.3 is 14.8 Å². The second kappa shape index (κ2) is 6.35. The molecule has 1 aliphatic rings. The van der Waals surface area contributed by atoms with Gasteiger partial charge in [-0.3, -0.25) is 14.9 Å². The molecule has 0 atom stereocenters. The highest BCUT2D eigenvalue weighted by molar-refractivity contribution is 5.99. The van der Waals surface area contributed by atoms with Crippen LogP contribution in [0.5, 0.6) is 11.5 Å². The SMILES string of the molecule is O=C(NCc1ccccc1)c1cc2c(cc1[N+](=O)[O-])OCCO2. The topological polar surface area (TPSA) is 90.7 Å². The number of hydrogen-bond donors (Lipinski definition) is 1. The normalized spacial score (nSPS) is 12.5. The third kappa shape index (κ3) is 3.23. The van der Waals surface area contributed by atoms with Crippen molar-refractivity contribution in [3.8, 4) is 11.5 Å². The summed E-state index contributed by atoms with van der Waals surface area (Å²) in [5.41, 5.74) is 0.552. The van der Waals surface area contributed by atoms with Crippen molar-refractivity contribution in [2.24, 2.45) is 0 Å². The van der Waals surface area contributed by atoms with Crippen LogP contribution in [0.25, 0.3) is 0 Å². The van der Waals surface area contributed by atoms with Gasteiger partial charge in [0.15, 0.2) is 11.5 Å². The number of nitrogens with one attached hydrogen (secondary N) is 1. The zero-order valence-electron chi connectivity index (χ0n) is 12.2. The highest BCUT2D eigenvalue weighted by atomic mass is 16.6. The van der Waals surface area contributed by atoms with E-state index in [9.17, 15) is 14.9 Å². The summed E-state index contributed by atoms with van der Waals surface area (Å²) in [7, 11) is 0. The van der Waals surface area contributed by atoms with E-state index in [1.165, 1.54) is 12.1 Å². The average Bonchev–Trinajstić information content (AvgIpc) is 2.59. The molecular formula is C16H14N2O5. The number of ether oxygens (including phenoxy) is 2. The minimum Gasteiger partial charge on any atom is -0.486 e. The molecule has 2 aromatic carbocycles. The molecule has 3 rings (SSSR count). The first-order chi connectivity index (χ1) is 11.1. The largest absolute Gasteiger partial charge is 0.486 e. The van der Waals surface area contributed by atoms with Crippen LogP contribution < -0.4 is 14.8 Å². The molecule has 1 aliphatic heterocycles. The van der Waals surface area contributed by atoms with Gasteiger partial charge in [-0.1, -0.05) is 30.3 Å². The van der Waals surface area contributed by atoms with Gasteiger partial charge in [0.2, 0.25) is 0 Å². The van der Waals surface area contributed by atoms with Crippen LogP contribution in [0.3, 0.4) is 0 Å². The Bertz CT molecular complexity index is 746. The Morgan fingerprint density at radius 3 is 2.43 bits per heavy atom. The summed E-state index contributed by atoms with van der Waals surface area (Å²) >= 11 is 0. The molecule has 7 heteroatoms. The maximum absolute atomic E-state index is 12.3. The third-order valence-electron chi connectivity index (χ3n) is 3.40. The fourth-order valence-electron chi connectivity index (χ4n) is 2.28. The molecule has 1 heterocycles. The van der Waals surface area contributed by atoms with E-state index in [1.807, 2.05) is 30.3 Å². The molecule has 2 aromatic rings. The lowest BCUT2D eigenvalue weighted by Gasteiger charge is -2.18. The van der Waals surface area contributed by atoms with E-state index in [-0.39, 0.29) is 23.5 Å². The molecule has 0 aliphatic carbocycles. The second-order valence-corrected chi connectivity index (χ2v) is 4.94. The van der Waals surface area contributed by atoms with Crippen molar-refractivity contribution < 1.29 is 19.2 Å². The molecule has 118 valence electrons. The van der Waals surface area contributed by atoms with Crippen LogP contribution in [0.2, 0.25) is 0 Å². The third-order valence-corrected chi connectivity index (χ3v) is 3.40. The molecule has 0 aromatic heterocycles. The molecule has 0 spiro atoms. The highest BCUT2D eigenvalue weighted by Crippen LogP contribution is 2.36. The van der Waals surface area contributed by atoms with Gasteiger partial charge in [-0.05, 0) is 5.56 Å². The van der Waals surface area contributed by atoms with E-state index in [4.69, 9.17) is 9.47 Å². The van der Waals surface area contributed by atoms with E-state index in [2.05, 4.69) is 5.32 Å². The summed E-state index contributed by atoms with van der Waals surface area (Å²) in [6.07, 6.45) is 0. The summed E-state index contributed by atoms with van der Waals surface area (Å²) in [6, 6.07) is 11.9. The lowest BCUT2D eigenvalue weighted by atomic mass is 10.1. The average molecular weight is 314 g/mol. The monoisotopic (exact) mass is 314 g/mol. The number of fused-ring (bicyclic) bond motifs is 1. The number of nitro groups is 1. The van der Waals surface area contributed by atoms with Crippen LogP contribution in [0.15, 0.2) is 42.5 Å². The Hall–Kier alpha value is -3.09. The zero-order chi connectivity index (χ0) is 16.2. The lowest BCUT2D eigenvalue weighted by Crippen LogP contribution is -2.24. The summed E-state index contributed by atoms with van der Waals surface area (Å²) in [5.74, 6) is 0.0896. The van der Waals surface area contributed by atoms with Crippen LogP contribution in [-0.4, -0.2) is 24.0 Å². The van der Waals surface area contributed by atoms with E-state index in [0.29, 0.717) is 19.0 Å². The van der Waals surface area contributed by atoms with Crippen LogP contribution in [0, 0.1) is 10.1 Å². The van der Waals surface area contributed by atoms with Crippen molar-refractivity contribution in [2.45, 2.75) is 6.54 Å². The Balaban J connectivity index is 1.85. The Labute approximate surface area is 132 Å². The second-order valence-electron chi connectivity index (χ2n) is 4.94. The molecule has 23 heavy (non-hydrogen) atoms. The van der Waals surface area contributed by atoms with Gasteiger partial charge in [0.25, 0.3) is 11.6 Å². The van der Waals surface area contributed by atoms with Gasteiger partial charge in [0.1, 0.15) is 18.8 Å². The van der Waals surface area contributed by atoms with E-state index in [0.717, 1.165) is 5.56 Å². The Morgan fingerprint density at radius 2 is 1.78 bits per heavy atom. The minimum atomic E-state index is -0.602. The number of carbonyl (C=O) groups excluding carboxylic acids is 1. The van der Waals surface area contributed by atoms with Gasteiger partial charge in [-0.25, -0.2) is 0 Å². The van der Waals surface area contributed by atoms with Crippen molar-refractivity contribution in [1.29, 1.82) is 0 Å². The molecule has 0 radical (unpaired) electrons. The fraction of sp³-hybridized carbons (Fsp3) is 0.188. The molecule has 1 amide bonds. The first-order valence-electron chi connectivity index (χ1n) is 7.05. The standard InChI is InChI=1S/C16H14N2O5/c19-16(17-10-11-4-2-1-3-5-11)12-8-14-15(23-7-6-22-14)9-13(12)18(20)21/h1-5,8-9H,6-7,10H2,(H,17,19).